The smallest absolute Gasteiger partial charge is 0.313 e. The number of para-hydroxylation sites is 2. The molecule has 0 radical (unpaired) electrons. The molecule has 1 aromatic carbocycles. The van der Waals surface area contributed by atoms with Gasteiger partial charge in [0.25, 0.3) is 5.91 Å². The number of hydrogen-bond acceptors (Lipinski definition) is 12. The van der Waals surface area contributed by atoms with Gasteiger partial charge in [0.2, 0.25) is 34.1 Å². The summed E-state index contributed by atoms with van der Waals surface area (Å²) >= 11 is 0. The lowest BCUT2D eigenvalue weighted by atomic mass is 9.85. The van der Waals surface area contributed by atoms with Gasteiger partial charge in [-0.3, -0.25) is 24.4 Å². The second kappa shape index (κ2) is 14.9. The molecule has 2 aromatic rings. The first kappa shape index (κ1) is 41.1. The zero-order chi connectivity index (χ0) is 41.1. The van der Waals surface area contributed by atoms with Gasteiger partial charge in [0.15, 0.2) is 5.69 Å². The molecule has 57 heavy (non-hydrogen) atoms. The van der Waals surface area contributed by atoms with Crippen LogP contribution in [0.25, 0.3) is 11.0 Å². The number of carbonyl (C=O) groups excluding carboxylic acids is 3. The van der Waals surface area contributed by atoms with E-state index in [4.69, 9.17) is 14.2 Å². The van der Waals surface area contributed by atoms with Crippen LogP contribution in [0.2, 0.25) is 0 Å². The molecule has 0 spiro atoms. The van der Waals surface area contributed by atoms with Gasteiger partial charge in [-0.2, -0.15) is 8.78 Å². The normalized spacial score (nSPS) is 33.9. The summed E-state index contributed by atoms with van der Waals surface area (Å²) < 4.78 is 78.3. The molecule has 8 atom stereocenters. The Kier molecular flexibility index (Phi) is 10.8. The van der Waals surface area contributed by atoms with E-state index >= 15 is 8.78 Å². The number of aliphatic hydroxyl groups excluding tert-OH is 1. The molecular formula is C39H50F2N6O9S. The van der Waals surface area contributed by atoms with E-state index in [1.165, 1.54) is 17.1 Å². The van der Waals surface area contributed by atoms with E-state index in [0.717, 1.165) is 0 Å². The Morgan fingerprint density at radius 2 is 1.77 bits per heavy atom. The second-order valence-electron chi connectivity index (χ2n) is 17.1. The quantitative estimate of drug-likeness (QED) is 0.312. The van der Waals surface area contributed by atoms with Crippen molar-refractivity contribution in [3.05, 3.63) is 54.8 Å². The van der Waals surface area contributed by atoms with Crippen LogP contribution in [0.1, 0.15) is 78.3 Å². The maximum Gasteiger partial charge on any atom is 0.313 e. The number of halogens is 2. The average Bonchev–Trinajstić information content (AvgIpc) is 4.04. The van der Waals surface area contributed by atoms with E-state index in [2.05, 4.69) is 31.9 Å². The Morgan fingerprint density at radius 1 is 1.09 bits per heavy atom. The maximum atomic E-state index is 16.2. The molecule has 3 aliphatic carbocycles. The number of rotatable bonds is 6. The van der Waals surface area contributed by atoms with Crippen LogP contribution in [0.5, 0.6) is 5.88 Å². The molecule has 18 heteroatoms. The first-order valence-corrected chi connectivity index (χ1v) is 20.8. The van der Waals surface area contributed by atoms with E-state index in [-0.39, 0.29) is 37.0 Å². The van der Waals surface area contributed by atoms with Crippen molar-refractivity contribution in [3.8, 4) is 5.88 Å². The van der Waals surface area contributed by atoms with Gasteiger partial charge >= 0.3 is 5.92 Å². The molecule has 4 fully saturated rings. The van der Waals surface area contributed by atoms with Crippen LogP contribution < -0.4 is 20.1 Å². The summed E-state index contributed by atoms with van der Waals surface area (Å²) in [4.78, 5) is 52.8. The fraction of sp³-hybridized carbons (Fsp3) is 0.615. The van der Waals surface area contributed by atoms with Crippen molar-refractivity contribution in [3.63, 3.8) is 0 Å². The number of nitrogens with zero attached hydrogens (tertiary/aromatic N) is 3. The highest BCUT2D eigenvalue weighted by Gasteiger charge is 2.62. The fourth-order valence-corrected chi connectivity index (χ4v) is 9.38. The van der Waals surface area contributed by atoms with Gasteiger partial charge in [-0.1, -0.05) is 45.1 Å². The minimum atomic E-state index is -3.98. The first-order chi connectivity index (χ1) is 26.7. The molecule has 2 aliphatic heterocycles. The van der Waals surface area contributed by atoms with Gasteiger partial charge in [-0.25, -0.2) is 18.4 Å². The third kappa shape index (κ3) is 8.42. The number of sulfonamides is 1. The van der Waals surface area contributed by atoms with Crippen molar-refractivity contribution >= 4 is 38.8 Å². The van der Waals surface area contributed by atoms with Crippen LogP contribution in [0, 0.1) is 11.3 Å². The summed E-state index contributed by atoms with van der Waals surface area (Å²) in [7, 11) is -3.98. The van der Waals surface area contributed by atoms with Crippen LogP contribution in [0.4, 0.5) is 8.78 Å². The molecule has 310 valence electrons. The number of carbonyl (C=O) groups is 3. The molecule has 7 rings (SSSR count). The number of nitrogens with one attached hydrogen (secondary N) is 3. The summed E-state index contributed by atoms with van der Waals surface area (Å²) in [6.45, 7) is 10.1. The number of aliphatic hydroxyl groups is 1. The van der Waals surface area contributed by atoms with Crippen LogP contribution in [-0.4, -0.2) is 106 Å². The highest BCUT2D eigenvalue weighted by atomic mass is 32.2. The lowest BCUT2D eigenvalue weighted by Gasteiger charge is -2.37. The molecule has 1 saturated heterocycles. The summed E-state index contributed by atoms with van der Waals surface area (Å²) in [6.07, 6.45) is 2.86. The number of aromatic nitrogens is 2. The summed E-state index contributed by atoms with van der Waals surface area (Å²) in [6, 6.07) is 3.90. The summed E-state index contributed by atoms with van der Waals surface area (Å²) in [5.41, 5.74) is -4.43. The van der Waals surface area contributed by atoms with Gasteiger partial charge in [0.1, 0.15) is 17.2 Å². The van der Waals surface area contributed by atoms with Crippen LogP contribution in [-0.2, 0) is 39.8 Å². The van der Waals surface area contributed by atoms with Gasteiger partial charge < -0.3 is 29.5 Å². The van der Waals surface area contributed by atoms with Gasteiger partial charge in [-0.15, -0.1) is 6.58 Å². The fourth-order valence-electron chi connectivity index (χ4n) is 8.02. The van der Waals surface area contributed by atoms with Crippen LogP contribution in [0.3, 0.4) is 0 Å². The Bertz CT molecular complexity index is 2080. The standard InChI is InChI=1S/C39H50F2N6O9S/c1-6-22-19-38(22,34(50)46-57(52,53)23-15-16-23)45-31(48)26-20-37(5)21-47(26)33(49)30(36(2,3)4)44-35(51)55-28-14-9-13-27(28)54-18-10-17-39(40,41)29-32(56-37)43-25-12-8-7-11-24(25)42-29/h6-8,10-12,17,22-23,26-28,30,35,44,51H,1,9,13-16,18-21H2,2-5H3,(H,45,48)(H,46,50)/b17-10+/t22-,26+,27-,28-,30-,35?,37-,38-/m1/s1. The molecule has 1 unspecified atom stereocenters. The van der Waals surface area contributed by atoms with Crippen molar-refractivity contribution in [2.45, 2.75) is 126 Å². The highest BCUT2D eigenvalue weighted by Crippen LogP contribution is 2.46. The molecule has 3 heterocycles. The lowest BCUT2D eigenvalue weighted by Crippen LogP contribution is -2.61. The van der Waals surface area contributed by atoms with Crippen LogP contribution >= 0.6 is 0 Å². The predicted molar refractivity (Wildman–Crippen MR) is 202 cm³/mol. The number of allylic oxidation sites excluding steroid dienone is 1. The average molecular weight is 817 g/mol. The Labute approximate surface area is 330 Å². The van der Waals surface area contributed by atoms with E-state index in [1.807, 2.05) is 0 Å². The highest BCUT2D eigenvalue weighted by molar-refractivity contribution is 7.91. The van der Waals surface area contributed by atoms with Crippen molar-refractivity contribution in [2.24, 2.45) is 11.3 Å². The maximum absolute atomic E-state index is 16.2. The van der Waals surface area contributed by atoms with Gasteiger partial charge in [0.05, 0.1) is 47.7 Å². The number of amides is 3. The second-order valence-corrected chi connectivity index (χ2v) is 19.1. The van der Waals surface area contributed by atoms with Crippen molar-refractivity contribution in [2.75, 3.05) is 13.2 Å². The zero-order valence-corrected chi connectivity index (χ0v) is 33.2. The minimum Gasteiger partial charge on any atom is -0.468 e. The zero-order valence-electron chi connectivity index (χ0n) is 32.4. The number of alkyl halides is 2. The first-order valence-electron chi connectivity index (χ1n) is 19.3. The molecule has 2 bridgehead atoms. The SMILES string of the molecule is C=C[C@@H]1C[C@]1(NC(=O)[C@@H]1C[C@]2(C)CN1C(=O)[C@H](C(C)(C)C)NC(O)O[C@@H]1CCC[C@H]1OC/C=C/C(F)(F)c1nc3ccccc3nc1O2)C(=O)NS(=O)(=O)C1CC1. The van der Waals surface area contributed by atoms with E-state index < -0.39 is 104 Å². The van der Waals surface area contributed by atoms with E-state index in [1.54, 1.807) is 52.0 Å². The Balaban J connectivity index is 1.28. The number of fused-ring (bicyclic) bond motifs is 5. The predicted octanol–water partition coefficient (Wildman–Crippen LogP) is 2.93. The van der Waals surface area contributed by atoms with Crippen molar-refractivity contribution in [1.29, 1.82) is 0 Å². The van der Waals surface area contributed by atoms with Gasteiger partial charge in [0, 0.05) is 12.3 Å². The van der Waals surface area contributed by atoms with Crippen LogP contribution in [0.15, 0.2) is 49.1 Å². The van der Waals surface area contributed by atoms with E-state index in [0.29, 0.717) is 38.2 Å². The summed E-state index contributed by atoms with van der Waals surface area (Å²) in [5, 5.41) is 16.1. The number of ether oxygens (including phenoxy) is 3. The Morgan fingerprint density at radius 3 is 2.42 bits per heavy atom. The number of hydrogen-bond donors (Lipinski definition) is 4. The van der Waals surface area contributed by atoms with Crippen molar-refractivity contribution < 1.29 is 50.9 Å². The topological polar surface area (TPSA) is 198 Å². The minimum absolute atomic E-state index is 0.0584. The van der Waals surface area contributed by atoms with Gasteiger partial charge in [-0.05, 0) is 69.1 Å². The number of benzene rings is 1. The molecule has 5 aliphatic rings. The Hall–Kier alpha value is -4.10. The molecule has 1 aromatic heterocycles. The van der Waals surface area contributed by atoms with E-state index in [9.17, 15) is 27.9 Å². The monoisotopic (exact) mass is 816 g/mol. The van der Waals surface area contributed by atoms with Crippen molar-refractivity contribution in [1.82, 2.24) is 30.2 Å². The largest absolute Gasteiger partial charge is 0.468 e. The third-order valence-electron chi connectivity index (χ3n) is 11.4. The lowest BCUT2D eigenvalue weighted by molar-refractivity contribution is -0.188. The molecular weight excluding hydrogens is 767 g/mol. The molecule has 3 saturated carbocycles. The molecule has 15 nitrogen and oxygen atoms in total. The molecule has 4 N–H and O–H groups in total. The summed E-state index contributed by atoms with van der Waals surface area (Å²) in [5.74, 6) is -7.22. The third-order valence-corrected chi connectivity index (χ3v) is 13.2. The molecule has 3 amide bonds.